The lowest BCUT2D eigenvalue weighted by atomic mass is 10.1. The Balaban J connectivity index is 1.79. The molecule has 0 aromatic heterocycles. The third kappa shape index (κ3) is 2.78. The van der Waals surface area contributed by atoms with Crippen LogP contribution in [0.5, 0.6) is 11.5 Å². The van der Waals surface area contributed by atoms with Crippen LogP contribution in [0.3, 0.4) is 0 Å². The van der Waals surface area contributed by atoms with Gasteiger partial charge in [0.1, 0.15) is 5.76 Å². The van der Waals surface area contributed by atoms with Crippen LogP contribution in [0.4, 0.5) is 0 Å². The van der Waals surface area contributed by atoms with Crippen LogP contribution in [-0.2, 0) is 19.0 Å². The second-order valence-corrected chi connectivity index (χ2v) is 4.78. The molecule has 0 fully saturated rings. The van der Waals surface area contributed by atoms with Crippen molar-refractivity contribution in [3.8, 4) is 11.5 Å². The third-order valence-corrected chi connectivity index (χ3v) is 3.46. The smallest absolute Gasteiger partial charge is 0.334 e. The van der Waals surface area contributed by atoms with Gasteiger partial charge in [-0.3, -0.25) is 0 Å². The SMILES string of the molecule is COC1=CC(=O)O[C@@H](/C=C/c2ccc3c(c2)OCO3)[C@@H]1OC. The molecule has 2 atom stereocenters. The van der Waals surface area contributed by atoms with Gasteiger partial charge in [0, 0.05) is 7.11 Å². The van der Waals surface area contributed by atoms with Gasteiger partial charge in [-0.1, -0.05) is 12.1 Å². The first-order chi connectivity index (χ1) is 10.7. The Bertz CT molecular complexity index is 634. The first-order valence-corrected chi connectivity index (χ1v) is 6.78. The van der Waals surface area contributed by atoms with E-state index < -0.39 is 18.2 Å². The van der Waals surface area contributed by atoms with E-state index in [1.54, 1.807) is 6.08 Å². The van der Waals surface area contributed by atoms with Gasteiger partial charge in [-0.25, -0.2) is 4.79 Å². The van der Waals surface area contributed by atoms with Crippen LogP contribution >= 0.6 is 0 Å². The zero-order chi connectivity index (χ0) is 15.5. The first kappa shape index (κ1) is 14.5. The molecule has 0 amide bonds. The van der Waals surface area contributed by atoms with E-state index in [-0.39, 0.29) is 6.79 Å². The fraction of sp³-hybridized carbons (Fsp3) is 0.312. The van der Waals surface area contributed by atoms with Gasteiger partial charge >= 0.3 is 5.97 Å². The maximum Gasteiger partial charge on any atom is 0.334 e. The van der Waals surface area contributed by atoms with Gasteiger partial charge in [0.05, 0.1) is 13.2 Å². The number of carbonyl (C=O) groups is 1. The van der Waals surface area contributed by atoms with E-state index in [4.69, 9.17) is 23.7 Å². The summed E-state index contributed by atoms with van der Waals surface area (Å²) >= 11 is 0. The number of esters is 1. The Hall–Kier alpha value is -2.47. The summed E-state index contributed by atoms with van der Waals surface area (Å²) in [5.74, 6) is 1.41. The first-order valence-electron chi connectivity index (χ1n) is 6.78. The minimum atomic E-state index is -0.553. The van der Waals surface area contributed by atoms with Crippen LogP contribution in [0.2, 0.25) is 0 Å². The van der Waals surface area contributed by atoms with Gasteiger partial charge in [0.15, 0.2) is 23.7 Å². The number of methoxy groups -OCH3 is 2. The van der Waals surface area contributed by atoms with Gasteiger partial charge in [-0.05, 0) is 23.8 Å². The predicted molar refractivity (Wildman–Crippen MR) is 77.4 cm³/mol. The standard InChI is InChI=1S/C16H16O6/c1-18-14-8-15(17)22-12(16(14)19-2)6-4-10-3-5-11-13(7-10)21-9-20-11/h3-8,12,16H,9H2,1-2H3/b6-4+/t12-,16-/m0/s1. The third-order valence-electron chi connectivity index (χ3n) is 3.46. The van der Waals surface area contributed by atoms with Crippen molar-refractivity contribution in [2.24, 2.45) is 0 Å². The molecule has 0 aliphatic carbocycles. The van der Waals surface area contributed by atoms with Crippen molar-refractivity contribution in [1.29, 1.82) is 0 Å². The van der Waals surface area contributed by atoms with E-state index in [0.29, 0.717) is 11.5 Å². The lowest BCUT2D eigenvalue weighted by molar-refractivity contribution is -0.150. The highest BCUT2D eigenvalue weighted by Crippen LogP contribution is 2.33. The number of ether oxygens (including phenoxy) is 5. The molecule has 0 radical (unpaired) electrons. The summed E-state index contributed by atoms with van der Waals surface area (Å²) in [5.41, 5.74) is 0.906. The zero-order valence-corrected chi connectivity index (χ0v) is 12.3. The largest absolute Gasteiger partial charge is 0.498 e. The van der Waals surface area contributed by atoms with Gasteiger partial charge in [-0.2, -0.15) is 0 Å². The van der Waals surface area contributed by atoms with Crippen LogP contribution in [0.1, 0.15) is 5.56 Å². The summed E-state index contributed by atoms with van der Waals surface area (Å²) in [6, 6.07) is 5.59. The molecule has 2 aliphatic heterocycles. The molecule has 1 aromatic carbocycles. The zero-order valence-electron chi connectivity index (χ0n) is 12.3. The van der Waals surface area contributed by atoms with Crippen LogP contribution in [0, 0.1) is 0 Å². The molecular formula is C16H16O6. The van der Waals surface area contributed by atoms with Gasteiger partial charge in [0.25, 0.3) is 0 Å². The molecular weight excluding hydrogens is 288 g/mol. The molecule has 22 heavy (non-hydrogen) atoms. The van der Waals surface area contributed by atoms with Crippen LogP contribution in [-0.4, -0.2) is 39.2 Å². The van der Waals surface area contributed by atoms with Crippen LogP contribution in [0.25, 0.3) is 6.08 Å². The van der Waals surface area contributed by atoms with E-state index in [2.05, 4.69) is 0 Å². The fourth-order valence-corrected chi connectivity index (χ4v) is 2.38. The molecule has 116 valence electrons. The highest BCUT2D eigenvalue weighted by atomic mass is 16.7. The highest BCUT2D eigenvalue weighted by molar-refractivity contribution is 5.84. The second-order valence-electron chi connectivity index (χ2n) is 4.78. The number of carbonyl (C=O) groups excluding carboxylic acids is 1. The lowest BCUT2D eigenvalue weighted by Gasteiger charge is -2.28. The number of hydrogen-bond donors (Lipinski definition) is 0. The summed E-state index contributed by atoms with van der Waals surface area (Å²) in [7, 11) is 3.03. The molecule has 6 nitrogen and oxygen atoms in total. The molecule has 0 bridgehead atoms. The molecule has 3 rings (SSSR count). The normalized spacial score (nSPS) is 23.4. The predicted octanol–water partition coefficient (Wildman–Crippen LogP) is 1.90. The Kier molecular flexibility index (Phi) is 4.02. The molecule has 0 spiro atoms. The average molecular weight is 304 g/mol. The monoisotopic (exact) mass is 304 g/mol. The van der Waals surface area contributed by atoms with Crippen molar-refractivity contribution in [3.63, 3.8) is 0 Å². The van der Waals surface area contributed by atoms with E-state index in [1.165, 1.54) is 20.3 Å². The summed E-state index contributed by atoms with van der Waals surface area (Å²) in [6.45, 7) is 0.233. The number of hydrogen-bond acceptors (Lipinski definition) is 6. The molecule has 1 aromatic rings. The topological polar surface area (TPSA) is 63.2 Å². The summed E-state index contributed by atoms with van der Waals surface area (Å²) in [5, 5.41) is 0. The number of benzene rings is 1. The van der Waals surface area contributed by atoms with Crippen LogP contribution < -0.4 is 9.47 Å². The van der Waals surface area contributed by atoms with Crippen molar-refractivity contribution < 1.29 is 28.5 Å². The van der Waals surface area contributed by atoms with E-state index in [0.717, 1.165) is 11.3 Å². The van der Waals surface area contributed by atoms with Crippen molar-refractivity contribution in [2.45, 2.75) is 12.2 Å². The lowest BCUT2D eigenvalue weighted by Crippen LogP contribution is -2.37. The Labute approximate surface area is 127 Å². The van der Waals surface area contributed by atoms with E-state index in [1.807, 2.05) is 24.3 Å². The average Bonchev–Trinajstić information content (AvgIpc) is 2.99. The van der Waals surface area contributed by atoms with Gasteiger partial charge < -0.3 is 23.7 Å². The van der Waals surface area contributed by atoms with E-state index in [9.17, 15) is 4.79 Å². The molecule has 0 N–H and O–H groups in total. The molecule has 6 heteroatoms. The number of rotatable bonds is 4. The Morgan fingerprint density at radius 3 is 2.82 bits per heavy atom. The van der Waals surface area contributed by atoms with Crippen molar-refractivity contribution in [1.82, 2.24) is 0 Å². The van der Waals surface area contributed by atoms with Crippen LogP contribution in [0.15, 0.2) is 36.1 Å². The summed E-state index contributed by atoms with van der Waals surface area (Å²) in [4.78, 5) is 11.6. The fourth-order valence-electron chi connectivity index (χ4n) is 2.38. The minimum absolute atomic E-state index is 0.233. The maximum atomic E-state index is 11.6. The quantitative estimate of drug-likeness (QED) is 0.792. The second kappa shape index (κ2) is 6.11. The minimum Gasteiger partial charge on any atom is -0.498 e. The molecule has 0 saturated heterocycles. The van der Waals surface area contributed by atoms with Crippen molar-refractivity contribution in [2.75, 3.05) is 21.0 Å². The van der Waals surface area contributed by atoms with Crippen molar-refractivity contribution >= 4 is 12.0 Å². The summed E-state index contributed by atoms with van der Waals surface area (Å²) < 4.78 is 26.4. The molecule has 0 unspecified atom stereocenters. The Morgan fingerprint density at radius 2 is 2.05 bits per heavy atom. The number of cyclic esters (lactones) is 1. The van der Waals surface area contributed by atoms with E-state index >= 15 is 0 Å². The Morgan fingerprint density at radius 1 is 1.23 bits per heavy atom. The van der Waals surface area contributed by atoms with Gasteiger partial charge in [-0.15, -0.1) is 0 Å². The number of fused-ring (bicyclic) bond motifs is 1. The highest BCUT2D eigenvalue weighted by Gasteiger charge is 2.32. The van der Waals surface area contributed by atoms with Crippen molar-refractivity contribution in [3.05, 3.63) is 41.7 Å². The molecule has 0 saturated carbocycles. The molecule has 2 aliphatic rings. The maximum absolute atomic E-state index is 11.6. The summed E-state index contributed by atoms with van der Waals surface area (Å²) in [6.07, 6.45) is 3.87. The molecule has 2 heterocycles. The van der Waals surface area contributed by atoms with Gasteiger partial charge in [0.2, 0.25) is 6.79 Å².